The van der Waals surface area contributed by atoms with Gasteiger partial charge in [0.25, 0.3) is 0 Å². The van der Waals surface area contributed by atoms with Crippen molar-refractivity contribution in [3.8, 4) is 11.3 Å². The summed E-state index contributed by atoms with van der Waals surface area (Å²) in [6.07, 6.45) is -1.70. The zero-order valence-corrected chi connectivity index (χ0v) is 17.8. The van der Waals surface area contributed by atoms with Crippen molar-refractivity contribution in [2.45, 2.75) is 37.9 Å². The third kappa shape index (κ3) is 4.76. The van der Waals surface area contributed by atoms with Gasteiger partial charge in [0.15, 0.2) is 5.82 Å². The standard InChI is InChI=1S/C24H29F3N4O/c25-24(26,27)21-12-22(17-4-2-1-3-5-17)29-30-23(21)28-20-10-18-14-31(15-19(18)11-20)13-16-6-8-32-9-7-16/h1-5,12,16,18-20H,6-11,13-15H2,(H,28,30)/t18-,19+,20?/i13D2. The molecular weight excluding hydrogens is 417 g/mol. The molecule has 2 aromatic rings. The molecule has 0 radical (unpaired) electrons. The third-order valence-electron chi connectivity index (χ3n) is 6.85. The van der Waals surface area contributed by atoms with E-state index in [1.54, 1.807) is 30.3 Å². The Bertz CT molecular complexity index is 987. The Kier molecular flexibility index (Phi) is 5.42. The molecule has 32 heavy (non-hydrogen) atoms. The zero-order valence-electron chi connectivity index (χ0n) is 19.8. The smallest absolute Gasteiger partial charge is 0.381 e. The Hall–Kier alpha value is -2.19. The predicted octanol–water partition coefficient (Wildman–Crippen LogP) is 4.71. The van der Waals surface area contributed by atoms with E-state index in [0.29, 0.717) is 44.7 Å². The summed E-state index contributed by atoms with van der Waals surface area (Å²) >= 11 is 0. The van der Waals surface area contributed by atoms with E-state index in [4.69, 9.17) is 7.48 Å². The van der Waals surface area contributed by atoms with Crippen LogP contribution in [0.2, 0.25) is 0 Å². The molecule has 1 saturated carbocycles. The molecule has 1 aromatic carbocycles. The van der Waals surface area contributed by atoms with Crippen molar-refractivity contribution < 1.29 is 20.6 Å². The summed E-state index contributed by atoms with van der Waals surface area (Å²) in [5, 5.41) is 11.0. The van der Waals surface area contributed by atoms with Crippen molar-refractivity contribution in [2.75, 3.05) is 38.1 Å². The summed E-state index contributed by atoms with van der Waals surface area (Å²) in [6.45, 7) is 1.10. The zero-order chi connectivity index (χ0) is 23.9. The van der Waals surface area contributed by atoms with Gasteiger partial charge < -0.3 is 15.0 Å². The number of rotatable bonds is 5. The molecule has 1 aliphatic carbocycles. The number of fused-ring (bicyclic) bond motifs is 1. The lowest BCUT2D eigenvalue weighted by atomic mass is 10.00. The lowest BCUT2D eigenvalue weighted by Crippen LogP contribution is -2.32. The van der Waals surface area contributed by atoms with Crippen molar-refractivity contribution >= 4 is 5.82 Å². The van der Waals surface area contributed by atoms with E-state index in [2.05, 4.69) is 15.5 Å². The number of likely N-dealkylation sites (tertiary alicyclic amines) is 1. The van der Waals surface area contributed by atoms with Crippen LogP contribution in [0.4, 0.5) is 19.0 Å². The number of halogens is 3. The molecule has 0 spiro atoms. The van der Waals surface area contributed by atoms with Gasteiger partial charge in [-0.2, -0.15) is 13.2 Å². The predicted molar refractivity (Wildman–Crippen MR) is 116 cm³/mol. The quantitative estimate of drug-likeness (QED) is 0.718. The molecular formula is C24H29F3N4O. The van der Waals surface area contributed by atoms with Gasteiger partial charge in [0.1, 0.15) is 5.56 Å². The second kappa shape index (κ2) is 8.98. The van der Waals surface area contributed by atoms with Crippen molar-refractivity contribution in [1.82, 2.24) is 15.1 Å². The lowest BCUT2D eigenvalue weighted by molar-refractivity contribution is -0.137. The third-order valence-corrected chi connectivity index (χ3v) is 6.85. The Morgan fingerprint density at radius 3 is 2.41 bits per heavy atom. The van der Waals surface area contributed by atoms with Gasteiger partial charge in [-0.1, -0.05) is 30.3 Å². The molecule has 3 fully saturated rings. The Morgan fingerprint density at radius 2 is 1.75 bits per heavy atom. The summed E-state index contributed by atoms with van der Waals surface area (Å²) in [5.74, 6) is 0.255. The number of hydrogen-bond acceptors (Lipinski definition) is 5. The first-order valence-corrected chi connectivity index (χ1v) is 11.3. The van der Waals surface area contributed by atoms with E-state index < -0.39 is 18.2 Å². The van der Waals surface area contributed by atoms with Crippen molar-refractivity contribution in [3.63, 3.8) is 0 Å². The average molecular weight is 449 g/mol. The van der Waals surface area contributed by atoms with Gasteiger partial charge in [0.05, 0.1) is 5.69 Å². The normalized spacial score (nSPS) is 28.3. The van der Waals surface area contributed by atoms with Crippen molar-refractivity contribution in [3.05, 3.63) is 42.0 Å². The summed E-state index contributed by atoms with van der Waals surface area (Å²) in [5.41, 5.74) is -0.0371. The van der Waals surface area contributed by atoms with E-state index in [0.717, 1.165) is 18.9 Å². The first-order valence-electron chi connectivity index (χ1n) is 12.3. The second-order valence-electron chi connectivity index (χ2n) is 9.11. The van der Waals surface area contributed by atoms with Crippen LogP contribution in [-0.2, 0) is 10.9 Å². The number of aromatic nitrogens is 2. The van der Waals surface area contributed by atoms with Crippen LogP contribution < -0.4 is 5.32 Å². The Labute approximate surface area is 189 Å². The average Bonchev–Trinajstić information content (AvgIpc) is 3.39. The molecule has 3 atom stereocenters. The lowest BCUT2D eigenvalue weighted by Gasteiger charge is -2.28. The number of hydrogen-bond donors (Lipinski definition) is 1. The van der Waals surface area contributed by atoms with E-state index in [-0.39, 0.29) is 35.3 Å². The maximum atomic E-state index is 13.8. The summed E-state index contributed by atoms with van der Waals surface area (Å²) in [6, 6.07) is 9.64. The van der Waals surface area contributed by atoms with Gasteiger partial charge in [-0.3, -0.25) is 0 Å². The molecule has 2 aliphatic heterocycles. The molecule has 1 N–H and O–H groups in total. The topological polar surface area (TPSA) is 50.3 Å². The highest BCUT2D eigenvalue weighted by Crippen LogP contribution is 2.41. The molecule has 2 saturated heterocycles. The highest BCUT2D eigenvalue weighted by Gasteiger charge is 2.42. The van der Waals surface area contributed by atoms with E-state index in [1.165, 1.54) is 0 Å². The second-order valence-corrected chi connectivity index (χ2v) is 9.11. The molecule has 1 aromatic heterocycles. The molecule has 3 heterocycles. The number of benzene rings is 1. The monoisotopic (exact) mass is 448 g/mol. The van der Waals surface area contributed by atoms with Crippen LogP contribution >= 0.6 is 0 Å². The molecule has 0 amide bonds. The minimum absolute atomic E-state index is 0.0401. The van der Waals surface area contributed by atoms with Gasteiger partial charge in [-0.25, -0.2) is 0 Å². The first-order chi connectivity index (χ1) is 16.2. The van der Waals surface area contributed by atoms with Crippen LogP contribution in [0, 0.1) is 17.8 Å². The van der Waals surface area contributed by atoms with Crippen molar-refractivity contribution in [2.24, 2.45) is 17.8 Å². The highest BCUT2D eigenvalue weighted by atomic mass is 19.4. The van der Waals surface area contributed by atoms with E-state index >= 15 is 0 Å². The number of anilines is 1. The fraction of sp³-hybridized carbons (Fsp3) is 0.583. The minimum atomic E-state index is -4.55. The fourth-order valence-electron chi connectivity index (χ4n) is 5.27. The van der Waals surface area contributed by atoms with E-state index in [9.17, 15) is 13.2 Å². The van der Waals surface area contributed by atoms with Crippen LogP contribution in [0.1, 0.15) is 34.0 Å². The minimum Gasteiger partial charge on any atom is -0.381 e. The first kappa shape index (κ1) is 19.3. The maximum absolute atomic E-state index is 13.8. The summed E-state index contributed by atoms with van der Waals surface area (Å²) in [7, 11) is 0. The molecule has 8 heteroatoms. The molecule has 172 valence electrons. The summed E-state index contributed by atoms with van der Waals surface area (Å²) < 4.78 is 64.3. The Balaban J connectivity index is 1.26. The number of alkyl halides is 3. The van der Waals surface area contributed by atoms with Crippen LogP contribution in [0.15, 0.2) is 36.4 Å². The Morgan fingerprint density at radius 1 is 1.06 bits per heavy atom. The molecule has 0 bridgehead atoms. The number of nitrogens with one attached hydrogen (secondary N) is 1. The van der Waals surface area contributed by atoms with Crippen LogP contribution in [-0.4, -0.2) is 53.9 Å². The SMILES string of the molecule is [2H]C([2H])(C1CCOCC1)N1C[C@H]2CC(Nc3nnc(-c4ccccc4)cc3C(F)(F)F)C[C@H]2C1. The number of ether oxygens (including phenoxy) is 1. The summed E-state index contributed by atoms with van der Waals surface area (Å²) in [4.78, 5) is 1.95. The van der Waals surface area contributed by atoms with Crippen molar-refractivity contribution in [1.29, 1.82) is 0 Å². The van der Waals surface area contributed by atoms with Crippen LogP contribution in [0.3, 0.4) is 0 Å². The van der Waals surface area contributed by atoms with Gasteiger partial charge in [-0.15, -0.1) is 10.2 Å². The van der Waals surface area contributed by atoms with Gasteiger partial charge in [0, 0.05) is 47.1 Å². The highest BCUT2D eigenvalue weighted by molar-refractivity contribution is 5.62. The molecule has 3 aliphatic rings. The molecule has 5 nitrogen and oxygen atoms in total. The van der Waals surface area contributed by atoms with Gasteiger partial charge in [0.2, 0.25) is 0 Å². The molecule has 5 rings (SSSR count). The number of nitrogens with zero attached hydrogens (tertiary/aromatic N) is 3. The van der Waals surface area contributed by atoms with Gasteiger partial charge in [-0.05, 0) is 49.5 Å². The van der Waals surface area contributed by atoms with E-state index in [1.807, 2.05) is 4.90 Å². The van der Waals surface area contributed by atoms with Crippen LogP contribution in [0.25, 0.3) is 11.3 Å². The fourth-order valence-corrected chi connectivity index (χ4v) is 5.27. The largest absolute Gasteiger partial charge is 0.420 e. The molecule has 1 unspecified atom stereocenters. The van der Waals surface area contributed by atoms with Crippen LogP contribution in [0.5, 0.6) is 0 Å². The maximum Gasteiger partial charge on any atom is 0.420 e. The van der Waals surface area contributed by atoms with Gasteiger partial charge >= 0.3 is 6.18 Å².